The molecule has 0 aromatic carbocycles. The SMILES string of the molecule is CC(CO)NC1CCCc2c(Cl)sc(Cl)c21. The van der Waals surface area contributed by atoms with Crippen LogP contribution in [0.1, 0.15) is 36.9 Å². The van der Waals surface area contributed by atoms with Crippen LogP contribution in [0.15, 0.2) is 0 Å². The molecule has 0 fully saturated rings. The minimum absolute atomic E-state index is 0.0886. The molecule has 1 aromatic heterocycles. The van der Waals surface area contributed by atoms with E-state index in [9.17, 15) is 0 Å². The normalized spacial score (nSPS) is 21.9. The fourth-order valence-electron chi connectivity index (χ4n) is 2.19. The van der Waals surface area contributed by atoms with E-state index in [2.05, 4.69) is 5.32 Å². The summed E-state index contributed by atoms with van der Waals surface area (Å²) in [6.45, 7) is 2.11. The first-order valence-electron chi connectivity index (χ1n) is 5.47. The maximum Gasteiger partial charge on any atom is 0.0994 e. The van der Waals surface area contributed by atoms with Crippen LogP contribution in [0.4, 0.5) is 0 Å². The fourth-order valence-corrected chi connectivity index (χ4v) is 4.08. The average Bonchev–Trinajstić information content (AvgIpc) is 2.56. The highest BCUT2D eigenvalue weighted by molar-refractivity contribution is 7.20. The molecule has 16 heavy (non-hydrogen) atoms. The predicted molar refractivity (Wildman–Crippen MR) is 69.7 cm³/mol. The summed E-state index contributed by atoms with van der Waals surface area (Å²) >= 11 is 13.8. The van der Waals surface area contributed by atoms with Crippen LogP contribution in [0.25, 0.3) is 0 Å². The molecule has 0 spiro atoms. The number of hydrogen-bond donors (Lipinski definition) is 2. The molecule has 2 unspecified atom stereocenters. The molecule has 5 heteroatoms. The predicted octanol–water partition coefficient (Wildman–Crippen LogP) is 3.40. The molecule has 0 amide bonds. The van der Waals surface area contributed by atoms with Crippen molar-refractivity contribution in [3.8, 4) is 0 Å². The molecule has 1 aliphatic rings. The van der Waals surface area contributed by atoms with Gasteiger partial charge in [0.1, 0.15) is 0 Å². The molecular weight excluding hydrogens is 265 g/mol. The Morgan fingerprint density at radius 2 is 2.25 bits per heavy atom. The number of thiophene rings is 1. The van der Waals surface area contributed by atoms with Gasteiger partial charge in [0.25, 0.3) is 0 Å². The Hall–Kier alpha value is 0.200. The molecule has 2 rings (SSSR count). The minimum Gasteiger partial charge on any atom is -0.395 e. The zero-order valence-corrected chi connectivity index (χ0v) is 11.4. The van der Waals surface area contributed by atoms with E-state index in [1.54, 1.807) is 0 Å². The summed E-state index contributed by atoms with van der Waals surface area (Å²) in [5.74, 6) is 0. The summed E-state index contributed by atoms with van der Waals surface area (Å²) in [5.41, 5.74) is 2.36. The molecule has 0 saturated heterocycles. The first-order chi connectivity index (χ1) is 7.63. The van der Waals surface area contributed by atoms with Crippen molar-refractivity contribution in [2.24, 2.45) is 0 Å². The van der Waals surface area contributed by atoms with Gasteiger partial charge in [-0.2, -0.15) is 0 Å². The molecule has 2 N–H and O–H groups in total. The Morgan fingerprint density at radius 1 is 1.50 bits per heavy atom. The summed E-state index contributed by atoms with van der Waals surface area (Å²) in [6, 6.07) is 0.327. The van der Waals surface area contributed by atoms with Crippen LogP contribution >= 0.6 is 34.5 Å². The van der Waals surface area contributed by atoms with E-state index < -0.39 is 0 Å². The third-order valence-corrected chi connectivity index (χ3v) is 4.70. The Labute approximate surface area is 110 Å². The third kappa shape index (κ3) is 2.39. The van der Waals surface area contributed by atoms with Crippen molar-refractivity contribution in [3.63, 3.8) is 0 Å². The van der Waals surface area contributed by atoms with Gasteiger partial charge in [-0.1, -0.05) is 23.2 Å². The van der Waals surface area contributed by atoms with Crippen molar-refractivity contribution in [3.05, 3.63) is 19.8 Å². The van der Waals surface area contributed by atoms with Gasteiger partial charge in [-0.25, -0.2) is 0 Å². The highest BCUT2D eigenvalue weighted by atomic mass is 35.5. The van der Waals surface area contributed by atoms with Gasteiger partial charge in [-0.3, -0.25) is 0 Å². The Balaban J connectivity index is 2.25. The quantitative estimate of drug-likeness (QED) is 0.889. The maximum absolute atomic E-state index is 9.07. The molecule has 2 nitrogen and oxygen atoms in total. The maximum atomic E-state index is 9.07. The molecule has 1 aromatic rings. The van der Waals surface area contributed by atoms with Crippen molar-refractivity contribution < 1.29 is 5.11 Å². The molecule has 1 heterocycles. The smallest absolute Gasteiger partial charge is 0.0994 e. The number of nitrogens with one attached hydrogen (secondary N) is 1. The second-order valence-electron chi connectivity index (χ2n) is 4.24. The molecule has 90 valence electrons. The van der Waals surface area contributed by atoms with Gasteiger partial charge in [-0.15, -0.1) is 11.3 Å². The van der Waals surface area contributed by atoms with Gasteiger partial charge >= 0.3 is 0 Å². The molecule has 0 radical (unpaired) electrons. The van der Waals surface area contributed by atoms with Gasteiger partial charge in [0.2, 0.25) is 0 Å². The molecule has 1 aliphatic carbocycles. The van der Waals surface area contributed by atoms with Crippen LogP contribution in [-0.2, 0) is 6.42 Å². The average molecular weight is 280 g/mol. The highest BCUT2D eigenvalue weighted by Crippen LogP contribution is 2.44. The van der Waals surface area contributed by atoms with E-state index >= 15 is 0 Å². The van der Waals surface area contributed by atoms with Crippen LogP contribution in [0.2, 0.25) is 8.67 Å². The summed E-state index contributed by atoms with van der Waals surface area (Å²) in [7, 11) is 0. The lowest BCUT2D eigenvalue weighted by Crippen LogP contribution is -2.34. The first-order valence-corrected chi connectivity index (χ1v) is 7.04. The molecule has 0 bridgehead atoms. The lowest BCUT2D eigenvalue weighted by Gasteiger charge is -2.27. The largest absolute Gasteiger partial charge is 0.395 e. The van der Waals surface area contributed by atoms with E-state index in [-0.39, 0.29) is 18.7 Å². The van der Waals surface area contributed by atoms with E-state index in [4.69, 9.17) is 28.3 Å². The van der Waals surface area contributed by atoms with Gasteiger partial charge < -0.3 is 10.4 Å². The highest BCUT2D eigenvalue weighted by Gasteiger charge is 2.27. The van der Waals surface area contributed by atoms with Crippen molar-refractivity contribution in [2.45, 2.75) is 38.3 Å². The van der Waals surface area contributed by atoms with Crippen LogP contribution in [0.3, 0.4) is 0 Å². The number of halogens is 2. The number of rotatable bonds is 3. The monoisotopic (exact) mass is 279 g/mol. The van der Waals surface area contributed by atoms with E-state index in [1.807, 2.05) is 6.92 Å². The van der Waals surface area contributed by atoms with Crippen molar-refractivity contribution in [2.75, 3.05) is 6.61 Å². The van der Waals surface area contributed by atoms with Gasteiger partial charge in [-0.05, 0) is 31.7 Å². The lowest BCUT2D eigenvalue weighted by atomic mass is 9.90. The number of aliphatic hydroxyl groups excluding tert-OH is 1. The van der Waals surface area contributed by atoms with Crippen molar-refractivity contribution >= 4 is 34.5 Å². The zero-order chi connectivity index (χ0) is 11.7. The van der Waals surface area contributed by atoms with Crippen LogP contribution < -0.4 is 5.32 Å². The van der Waals surface area contributed by atoms with Crippen LogP contribution in [0, 0.1) is 0 Å². The second kappa shape index (κ2) is 5.23. The van der Waals surface area contributed by atoms with Gasteiger partial charge in [0.15, 0.2) is 0 Å². The molecule has 0 aliphatic heterocycles. The third-order valence-electron chi connectivity index (χ3n) is 2.98. The summed E-state index contributed by atoms with van der Waals surface area (Å²) in [4.78, 5) is 0. The molecular formula is C11H15Cl2NOS. The lowest BCUT2D eigenvalue weighted by molar-refractivity contribution is 0.236. The van der Waals surface area contributed by atoms with E-state index in [0.29, 0.717) is 0 Å². The molecule has 2 atom stereocenters. The topological polar surface area (TPSA) is 32.3 Å². The summed E-state index contributed by atoms with van der Waals surface area (Å²) in [6.07, 6.45) is 3.20. The Kier molecular flexibility index (Phi) is 4.14. The minimum atomic E-state index is 0.0886. The Bertz CT molecular complexity index is 380. The zero-order valence-electron chi connectivity index (χ0n) is 9.09. The van der Waals surface area contributed by atoms with Crippen molar-refractivity contribution in [1.29, 1.82) is 0 Å². The van der Waals surface area contributed by atoms with E-state index in [0.717, 1.165) is 33.5 Å². The fraction of sp³-hybridized carbons (Fsp3) is 0.636. The van der Waals surface area contributed by atoms with Gasteiger partial charge in [0, 0.05) is 17.6 Å². The number of hydrogen-bond acceptors (Lipinski definition) is 3. The summed E-state index contributed by atoms with van der Waals surface area (Å²) < 4.78 is 1.62. The number of aliphatic hydroxyl groups is 1. The van der Waals surface area contributed by atoms with Gasteiger partial charge in [0.05, 0.1) is 15.3 Å². The van der Waals surface area contributed by atoms with Crippen LogP contribution in [0.5, 0.6) is 0 Å². The summed E-state index contributed by atoms with van der Waals surface area (Å²) in [5, 5.41) is 12.5. The van der Waals surface area contributed by atoms with Crippen LogP contribution in [-0.4, -0.2) is 17.8 Å². The number of fused-ring (bicyclic) bond motifs is 1. The molecule has 0 saturated carbocycles. The van der Waals surface area contributed by atoms with Crippen molar-refractivity contribution in [1.82, 2.24) is 5.32 Å². The first kappa shape index (κ1) is 12.7. The van der Waals surface area contributed by atoms with E-state index in [1.165, 1.54) is 16.9 Å². The second-order valence-corrected chi connectivity index (χ2v) is 6.46. The standard InChI is InChI=1S/C11H15Cl2NOS/c1-6(5-15)14-8-4-2-3-7-9(8)11(13)16-10(7)12/h6,8,14-15H,2-5H2,1H3. The Morgan fingerprint density at radius 3 is 2.94 bits per heavy atom.